The highest BCUT2D eigenvalue weighted by atomic mass is 16.5. The summed E-state index contributed by atoms with van der Waals surface area (Å²) >= 11 is 0. The second-order valence-corrected chi connectivity index (χ2v) is 4.27. The summed E-state index contributed by atoms with van der Waals surface area (Å²) < 4.78 is 5.33. The van der Waals surface area contributed by atoms with E-state index in [0.717, 1.165) is 16.5 Å². The van der Waals surface area contributed by atoms with Gasteiger partial charge in [0.1, 0.15) is 5.82 Å². The number of hydrogen-bond acceptors (Lipinski definition) is 6. The number of aromatic nitrogens is 3. The van der Waals surface area contributed by atoms with E-state index in [9.17, 15) is 0 Å². The highest BCUT2D eigenvalue weighted by Crippen LogP contribution is 2.31. The van der Waals surface area contributed by atoms with Gasteiger partial charge in [-0.3, -0.25) is 0 Å². The zero-order valence-corrected chi connectivity index (χ0v) is 10.9. The SMILES string of the molecule is COc1nc2ccccc2cc1-c1cc(N)nc(N)n1. The molecule has 0 aliphatic rings. The number of methoxy groups -OCH3 is 1. The number of nitrogen functional groups attached to an aromatic ring is 2. The Morgan fingerprint density at radius 3 is 2.55 bits per heavy atom. The average Bonchev–Trinajstić information content (AvgIpc) is 2.44. The number of benzene rings is 1. The molecule has 3 aromatic rings. The third-order valence-electron chi connectivity index (χ3n) is 2.92. The molecule has 0 saturated heterocycles. The Morgan fingerprint density at radius 2 is 1.80 bits per heavy atom. The van der Waals surface area contributed by atoms with Crippen LogP contribution in [0, 0.1) is 0 Å². The number of para-hydroxylation sites is 1. The van der Waals surface area contributed by atoms with Crippen LogP contribution >= 0.6 is 0 Å². The van der Waals surface area contributed by atoms with Gasteiger partial charge < -0.3 is 16.2 Å². The van der Waals surface area contributed by atoms with Gasteiger partial charge in [-0.15, -0.1) is 0 Å². The molecule has 1 aromatic carbocycles. The van der Waals surface area contributed by atoms with Crippen LogP contribution in [0.3, 0.4) is 0 Å². The lowest BCUT2D eigenvalue weighted by Gasteiger charge is -2.09. The van der Waals surface area contributed by atoms with E-state index in [1.54, 1.807) is 13.2 Å². The molecule has 0 unspecified atom stereocenters. The van der Waals surface area contributed by atoms with Gasteiger partial charge in [0, 0.05) is 11.5 Å². The van der Waals surface area contributed by atoms with Crippen molar-refractivity contribution in [3.8, 4) is 17.1 Å². The van der Waals surface area contributed by atoms with E-state index in [1.165, 1.54) is 0 Å². The van der Waals surface area contributed by atoms with Crippen LogP contribution in [0.2, 0.25) is 0 Å². The van der Waals surface area contributed by atoms with Crippen LogP contribution in [0.4, 0.5) is 11.8 Å². The van der Waals surface area contributed by atoms with Crippen LogP contribution in [-0.4, -0.2) is 22.1 Å². The first-order valence-corrected chi connectivity index (χ1v) is 6.01. The van der Waals surface area contributed by atoms with Gasteiger partial charge in [0.05, 0.1) is 23.9 Å². The molecule has 0 atom stereocenters. The Morgan fingerprint density at radius 1 is 1.00 bits per heavy atom. The maximum Gasteiger partial charge on any atom is 0.223 e. The van der Waals surface area contributed by atoms with Crippen LogP contribution in [0.5, 0.6) is 5.88 Å². The number of rotatable bonds is 2. The van der Waals surface area contributed by atoms with Crippen LogP contribution in [-0.2, 0) is 0 Å². The lowest BCUT2D eigenvalue weighted by Crippen LogP contribution is -2.02. The first-order chi connectivity index (χ1) is 9.67. The molecule has 0 aliphatic heterocycles. The van der Waals surface area contributed by atoms with Crippen molar-refractivity contribution in [1.82, 2.24) is 15.0 Å². The fraction of sp³-hybridized carbons (Fsp3) is 0.0714. The third-order valence-corrected chi connectivity index (χ3v) is 2.92. The predicted molar refractivity (Wildman–Crippen MR) is 78.1 cm³/mol. The van der Waals surface area contributed by atoms with Gasteiger partial charge in [-0.1, -0.05) is 18.2 Å². The molecule has 20 heavy (non-hydrogen) atoms. The minimum Gasteiger partial charge on any atom is -0.480 e. The standard InChI is InChI=1S/C14H13N5O/c1-20-13-9(11-7-12(15)19-14(16)18-11)6-8-4-2-3-5-10(8)17-13/h2-7H,1H3,(H4,15,16,18,19). The molecular weight excluding hydrogens is 254 g/mol. The van der Waals surface area contributed by atoms with E-state index in [4.69, 9.17) is 16.2 Å². The van der Waals surface area contributed by atoms with Gasteiger partial charge >= 0.3 is 0 Å². The molecule has 0 fully saturated rings. The summed E-state index contributed by atoms with van der Waals surface area (Å²) in [7, 11) is 1.56. The average molecular weight is 267 g/mol. The molecule has 0 saturated carbocycles. The van der Waals surface area contributed by atoms with Crippen LogP contribution in [0.1, 0.15) is 0 Å². The topological polar surface area (TPSA) is 99.9 Å². The van der Waals surface area contributed by atoms with Crippen molar-refractivity contribution in [2.24, 2.45) is 0 Å². The maximum atomic E-state index is 5.71. The second kappa shape index (κ2) is 4.65. The van der Waals surface area contributed by atoms with Crippen molar-refractivity contribution >= 4 is 22.7 Å². The van der Waals surface area contributed by atoms with E-state index < -0.39 is 0 Å². The second-order valence-electron chi connectivity index (χ2n) is 4.27. The molecule has 0 amide bonds. The minimum absolute atomic E-state index is 0.121. The summed E-state index contributed by atoms with van der Waals surface area (Å²) in [5.41, 5.74) is 13.5. The summed E-state index contributed by atoms with van der Waals surface area (Å²) in [5.74, 6) is 0.902. The molecule has 3 rings (SSSR count). The van der Waals surface area contributed by atoms with Crippen molar-refractivity contribution in [2.45, 2.75) is 0 Å². The number of fused-ring (bicyclic) bond motifs is 1. The largest absolute Gasteiger partial charge is 0.480 e. The summed E-state index contributed by atoms with van der Waals surface area (Å²) in [5, 5.41) is 0.985. The van der Waals surface area contributed by atoms with E-state index in [2.05, 4.69) is 15.0 Å². The van der Waals surface area contributed by atoms with Gasteiger partial charge in [0.2, 0.25) is 11.8 Å². The van der Waals surface area contributed by atoms with Gasteiger partial charge in [-0.2, -0.15) is 4.98 Å². The van der Waals surface area contributed by atoms with Gasteiger partial charge in [0.15, 0.2) is 0 Å². The Bertz CT molecular complexity index is 767. The van der Waals surface area contributed by atoms with Crippen LogP contribution in [0.25, 0.3) is 22.2 Å². The molecule has 2 aromatic heterocycles. The number of nitrogens with two attached hydrogens (primary N) is 2. The summed E-state index contributed by atoms with van der Waals surface area (Å²) in [6.45, 7) is 0. The normalized spacial score (nSPS) is 10.7. The van der Waals surface area contributed by atoms with Crippen LogP contribution in [0.15, 0.2) is 36.4 Å². The van der Waals surface area contributed by atoms with Crippen molar-refractivity contribution in [2.75, 3.05) is 18.6 Å². The minimum atomic E-state index is 0.121. The van der Waals surface area contributed by atoms with E-state index in [-0.39, 0.29) is 5.95 Å². The molecule has 0 spiro atoms. The number of hydrogen-bond donors (Lipinski definition) is 2. The Balaban J connectivity index is 2.28. The molecule has 2 heterocycles. The lowest BCUT2D eigenvalue weighted by atomic mass is 10.1. The van der Waals surface area contributed by atoms with Crippen molar-refractivity contribution in [1.29, 1.82) is 0 Å². The maximum absolute atomic E-state index is 5.71. The van der Waals surface area contributed by atoms with Crippen molar-refractivity contribution in [3.05, 3.63) is 36.4 Å². The summed E-state index contributed by atoms with van der Waals surface area (Å²) in [6.07, 6.45) is 0. The first kappa shape index (κ1) is 12.2. The molecule has 4 N–H and O–H groups in total. The van der Waals surface area contributed by atoms with Crippen LogP contribution < -0.4 is 16.2 Å². The lowest BCUT2D eigenvalue weighted by molar-refractivity contribution is 0.401. The first-order valence-electron chi connectivity index (χ1n) is 6.01. The molecule has 0 bridgehead atoms. The van der Waals surface area contributed by atoms with E-state index >= 15 is 0 Å². The predicted octanol–water partition coefficient (Wildman–Crippen LogP) is 1.86. The number of anilines is 2. The Kier molecular flexibility index (Phi) is 2.83. The van der Waals surface area contributed by atoms with Crippen molar-refractivity contribution < 1.29 is 4.74 Å². The highest BCUT2D eigenvalue weighted by Gasteiger charge is 2.12. The zero-order chi connectivity index (χ0) is 14.1. The number of nitrogens with zero attached hydrogens (tertiary/aromatic N) is 3. The molecule has 6 nitrogen and oxygen atoms in total. The number of pyridine rings is 1. The van der Waals surface area contributed by atoms with E-state index in [0.29, 0.717) is 17.4 Å². The monoisotopic (exact) mass is 267 g/mol. The third kappa shape index (κ3) is 2.07. The van der Waals surface area contributed by atoms with Crippen molar-refractivity contribution in [3.63, 3.8) is 0 Å². The number of ether oxygens (including phenoxy) is 1. The fourth-order valence-corrected chi connectivity index (χ4v) is 2.06. The zero-order valence-electron chi connectivity index (χ0n) is 10.9. The molecule has 0 aliphatic carbocycles. The van der Waals surface area contributed by atoms with Gasteiger partial charge in [-0.05, 0) is 12.1 Å². The molecule has 100 valence electrons. The summed E-state index contributed by atoms with van der Waals surface area (Å²) in [6, 6.07) is 11.4. The Hall–Kier alpha value is -2.89. The quantitative estimate of drug-likeness (QED) is 0.735. The van der Waals surface area contributed by atoms with E-state index in [1.807, 2.05) is 30.3 Å². The van der Waals surface area contributed by atoms with Gasteiger partial charge in [0.25, 0.3) is 0 Å². The molecular formula is C14H13N5O. The smallest absolute Gasteiger partial charge is 0.223 e. The highest BCUT2D eigenvalue weighted by molar-refractivity contribution is 5.85. The summed E-state index contributed by atoms with van der Waals surface area (Å²) in [4.78, 5) is 12.5. The molecule has 6 heteroatoms. The Labute approximate surface area is 115 Å². The van der Waals surface area contributed by atoms with Gasteiger partial charge in [-0.25, -0.2) is 9.97 Å². The fourth-order valence-electron chi connectivity index (χ4n) is 2.06. The molecule has 0 radical (unpaired) electrons.